The van der Waals surface area contributed by atoms with Crippen LogP contribution in [0.1, 0.15) is 61.1 Å². The lowest BCUT2D eigenvalue weighted by molar-refractivity contribution is 0.0657. The second kappa shape index (κ2) is 6.44. The summed E-state index contributed by atoms with van der Waals surface area (Å²) in [5.74, 6) is 0.496. The first-order chi connectivity index (χ1) is 9.82. The molecule has 118 valence electrons. The van der Waals surface area contributed by atoms with E-state index in [1.807, 2.05) is 11.9 Å². The van der Waals surface area contributed by atoms with Crippen LogP contribution in [0, 0.1) is 5.92 Å². The lowest BCUT2D eigenvalue weighted by atomic mass is 9.86. The maximum atomic E-state index is 12.6. The third kappa shape index (κ3) is 3.83. The Bertz CT molecular complexity index is 485. The molecule has 4 nitrogen and oxygen atoms in total. The van der Waals surface area contributed by atoms with Crippen LogP contribution >= 0.6 is 11.3 Å². The van der Waals surface area contributed by atoms with Crippen molar-refractivity contribution in [2.24, 2.45) is 5.92 Å². The molecule has 5 heteroatoms. The Labute approximate surface area is 131 Å². The van der Waals surface area contributed by atoms with E-state index >= 15 is 0 Å². The number of carbonyl (C=O) groups excluding carboxylic acids is 1. The van der Waals surface area contributed by atoms with Crippen molar-refractivity contribution in [2.45, 2.75) is 57.9 Å². The Morgan fingerprint density at radius 1 is 1.38 bits per heavy atom. The quantitative estimate of drug-likeness (QED) is 0.933. The number of hydrogen-bond acceptors (Lipinski definition) is 4. The van der Waals surface area contributed by atoms with Crippen LogP contribution in [0.25, 0.3) is 0 Å². The highest BCUT2D eigenvalue weighted by molar-refractivity contribution is 7.13. The second-order valence-corrected chi connectivity index (χ2v) is 8.08. The van der Waals surface area contributed by atoms with Gasteiger partial charge in [0.2, 0.25) is 0 Å². The van der Waals surface area contributed by atoms with Gasteiger partial charge in [0.05, 0.1) is 11.2 Å². The van der Waals surface area contributed by atoms with E-state index in [0.717, 1.165) is 35.6 Å². The van der Waals surface area contributed by atoms with Gasteiger partial charge in [-0.15, -0.1) is 11.3 Å². The van der Waals surface area contributed by atoms with Gasteiger partial charge >= 0.3 is 0 Å². The van der Waals surface area contributed by atoms with Crippen molar-refractivity contribution in [2.75, 3.05) is 13.7 Å². The highest BCUT2D eigenvalue weighted by atomic mass is 32.1. The molecule has 0 atom stereocenters. The van der Waals surface area contributed by atoms with Crippen LogP contribution in [0.3, 0.4) is 0 Å². The summed E-state index contributed by atoms with van der Waals surface area (Å²) in [5, 5.41) is 10.2. The number of amides is 1. The molecule has 1 aromatic rings. The molecular formula is C16H26N2O2S. The summed E-state index contributed by atoms with van der Waals surface area (Å²) in [6, 6.07) is 0.292. The third-order valence-electron chi connectivity index (χ3n) is 4.30. The SMILES string of the molecule is CN(C(=O)c1cnc(C(C)(C)C)s1)C1CCC(CO)CC1. The number of rotatable bonds is 3. The van der Waals surface area contributed by atoms with Gasteiger partial charge < -0.3 is 10.0 Å². The molecule has 1 saturated carbocycles. The first-order valence-electron chi connectivity index (χ1n) is 7.67. The second-order valence-electron chi connectivity index (χ2n) is 7.05. The topological polar surface area (TPSA) is 53.4 Å². The van der Waals surface area contributed by atoms with Crippen molar-refractivity contribution in [1.82, 2.24) is 9.88 Å². The molecule has 0 bridgehead atoms. The number of thiazole rings is 1. The molecule has 21 heavy (non-hydrogen) atoms. The Kier molecular flexibility index (Phi) is 5.04. The monoisotopic (exact) mass is 310 g/mol. The summed E-state index contributed by atoms with van der Waals surface area (Å²) in [6.45, 7) is 6.61. The molecule has 0 radical (unpaired) electrons. The largest absolute Gasteiger partial charge is 0.396 e. The predicted octanol–water partition coefficient (Wildman–Crippen LogP) is 3.06. The summed E-state index contributed by atoms with van der Waals surface area (Å²) in [7, 11) is 1.89. The van der Waals surface area contributed by atoms with Crippen molar-refractivity contribution < 1.29 is 9.90 Å². The lowest BCUT2D eigenvalue weighted by Gasteiger charge is -2.33. The van der Waals surface area contributed by atoms with Gasteiger partial charge in [0, 0.05) is 25.1 Å². The minimum Gasteiger partial charge on any atom is -0.396 e. The van der Waals surface area contributed by atoms with Crippen molar-refractivity contribution in [3.05, 3.63) is 16.1 Å². The number of aliphatic hydroxyl groups is 1. The number of hydrogen-bond donors (Lipinski definition) is 1. The lowest BCUT2D eigenvalue weighted by Crippen LogP contribution is -2.39. The fourth-order valence-electron chi connectivity index (χ4n) is 2.77. The van der Waals surface area contributed by atoms with Crippen LogP contribution in [-0.4, -0.2) is 40.6 Å². The van der Waals surface area contributed by atoms with Crippen LogP contribution < -0.4 is 0 Å². The van der Waals surface area contributed by atoms with Gasteiger partial charge in [0.15, 0.2) is 0 Å². The van der Waals surface area contributed by atoms with Crippen molar-refractivity contribution >= 4 is 17.2 Å². The molecule has 0 spiro atoms. The van der Waals surface area contributed by atoms with Crippen LogP contribution in [0.4, 0.5) is 0 Å². The van der Waals surface area contributed by atoms with E-state index in [1.165, 1.54) is 11.3 Å². The highest BCUT2D eigenvalue weighted by Crippen LogP contribution is 2.30. The molecule has 0 aromatic carbocycles. The number of aromatic nitrogens is 1. The minimum absolute atomic E-state index is 0.0129. The van der Waals surface area contributed by atoms with E-state index in [4.69, 9.17) is 0 Å². The summed E-state index contributed by atoms with van der Waals surface area (Å²) >= 11 is 1.50. The average molecular weight is 310 g/mol. The Hall–Kier alpha value is -0.940. The predicted molar refractivity (Wildman–Crippen MR) is 85.7 cm³/mol. The van der Waals surface area contributed by atoms with Crippen LogP contribution in [0.2, 0.25) is 0 Å². The highest BCUT2D eigenvalue weighted by Gasteiger charge is 2.28. The first-order valence-corrected chi connectivity index (χ1v) is 8.49. The molecule has 1 N–H and O–H groups in total. The number of carbonyl (C=O) groups is 1. The molecule has 0 unspecified atom stereocenters. The van der Waals surface area contributed by atoms with E-state index in [0.29, 0.717) is 12.0 Å². The summed E-state index contributed by atoms with van der Waals surface area (Å²) in [5.41, 5.74) is -0.0129. The Balaban J connectivity index is 2.01. The van der Waals surface area contributed by atoms with E-state index in [-0.39, 0.29) is 17.9 Å². The van der Waals surface area contributed by atoms with E-state index in [1.54, 1.807) is 6.20 Å². The normalized spacial score (nSPS) is 23.1. The zero-order chi connectivity index (χ0) is 15.6. The molecular weight excluding hydrogens is 284 g/mol. The Morgan fingerprint density at radius 3 is 2.48 bits per heavy atom. The molecule has 1 fully saturated rings. The summed E-state index contributed by atoms with van der Waals surface area (Å²) in [6.07, 6.45) is 5.70. The summed E-state index contributed by atoms with van der Waals surface area (Å²) < 4.78 is 0. The van der Waals surface area contributed by atoms with Gasteiger partial charge in [-0.2, -0.15) is 0 Å². The summed E-state index contributed by atoms with van der Waals surface area (Å²) in [4.78, 5) is 19.6. The van der Waals surface area contributed by atoms with E-state index < -0.39 is 0 Å². The molecule has 1 aliphatic carbocycles. The van der Waals surface area contributed by atoms with Crippen LogP contribution in [0.15, 0.2) is 6.20 Å². The Morgan fingerprint density at radius 2 is 2.00 bits per heavy atom. The number of aliphatic hydroxyl groups excluding tert-OH is 1. The van der Waals surface area contributed by atoms with Gasteiger partial charge in [0.25, 0.3) is 5.91 Å². The fraction of sp³-hybridized carbons (Fsp3) is 0.750. The molecule has 1 aliphatic rings. The van der Waals surface area contributed by atoms with Crippen molar-refractivity contribution in [1.29, 1.82) is 0 Å². The molecule has 0 aliphatic heterocycles. The van der Waals surface area contributed by atoms with Crippen molar-refractivity contribution in [3.63, 3.8) is 0 Å². The van der Waals surface area contributed by atoms with Gasteiger partial charge in [-0.3, -0.25) is 4.79 Å². The minimum atomic E-state index is -0.0129. The third-order valence-corrected chi connectivity index (χ3v) is 5.71. The molecule has 1 heterocycles. The zero-order valence-electron chi connectivity index (χ0n) is 13.4. The van der Waals surface area contributed by atoms with Gasteiger partial charge in [-0.25, -0.2) is 4.98 Å². The van der Waals surface area contributed by atoms with Crippen molar-refractivity contribution in [3.8, 4) is 0 Å². The standard InChI is InChI=1S/C16H26N2O2S/c1-16(2,3)15-17-9-13(21-15)14(20)18(4)12-7-5-11(10-19)6-8-12/h9,11-12,19H,5-8,10H2,1-4H3. The molecule has 2 rings (SSSR count). The average Bonchev–Trinajstić information content (AvgIpc) is 2.95. The zero-order valence-corrected chi connectivity index (χ0v) is 14.2. The number of nitrogens with zero attached hydrogens (tertiary/aromatic N) is 2. The van der Waals surface area contributed by atoms with Crippen LogP contribution in [-0.2, 0) is 5.41 Å². The van der Waals surface area contributed by atoms with E-state index in [9.17, 15) is 9.90 Å². The molecule has 1 amide bonds. The smallest absolute Gasteiger partial charge is 0.265 e. The maximum Gasteiger partial charge on any atom is 0.265 e. The molecule has 0 saturated heterocycles. The first kappa shape index (κ1) is 16.4. The van der Waals surface area contributed by atoms with Crippen LogP contribution in [0.5, 0.6) is 0 Å². The maximum absolute atomic E-state index is 12.6. The fourth-order valence-corrected chi connectivity index (χ4v) is 3.73. The van der Waals surface area contributed by atoms with Gasteiger partial charge in [-0.1, -0.05) is 20.8 Å². The van der Waals surface area contributed by atoms with Gasteiger partial charge in [-0.05, 0) is 31.6 Å². The molecule has 1 aromatic heterocycles. The van der Waals surface area contributed by atoms with E-state index in [2.05, 4.69) is 25.8 Å². The van der Waals surface area contributed by atoms with Gasteiger partial charge in [0.1, 0.15) is 4.88 Å².